The molecule has 102 valence electrons. The minimum absolute atomic E-state index is 0.280. The van der Waals surface area contributed by atoms with Gasteiger partial charge in [-0.15, -0.1) is 0 Å². The fourth-order valence-electron chi connectivity index (χ4n) is 1.57. The topological polar surface area (TPSA) is 58.2 Å². The van der Waals surface area contributed by atoms with Crippen molar-refractivity contribution in [2.45, 2.75) is 25.2 Å². The SMILES string of the molecule is CCCNCCNS(=O)(=O)c1ccc(Cl)cc1C. The highest BCUT2D eigenvalue weighted by Crippen LogP contribution is 2.19. The Labute approximate surface area is 114 Å². The molecule has 6 heteroatoms. The van der Waals surface area contributed by atoms with Crippen LogP contribution in [-0.2, 0) is 10.0 Å². The summed E-state index contributed by atoms with van der Waals surface area (Å²) in [5.74, 6) is 0. The quantitative estimate of drug-likeness (QED) is 0.755. The van der Waals surface area contributed by atoms with Gasteiger partial charge in [0.2, 0.25) is 10.0 Å². The Balaban J connectivity index is 2.63. The molecule has 0 spiro atoms. The minimum Gasteiger partial charge on any atom is -0.315 e. The maximum atomic E-state index is 12.0. The van der Waals surface area contributed by atoms with E-state index in [9.17, 15) is 8.42 Å². The second kappa shape index (κ2) is 7.09. The van der Waals surface area contributed by atoms with Gasteiger partial charge in [0.1, 0.15) is 0 Å². The van der Waals surface area contributed by atoms with Crippen LogP contribution in [0.25, 0.3) is 0 Å². The first-order valence-electron chi connectivity index (χ1n) is 5.94. The highest BCUT2D eigenvalue weighted by Gasteiger charge is 2.15. The molecule has 18 heavy (non-hydrogen) atoms. The van der Waals surface area contributed by atoms with Crippen LogP contribution in [0.3, 0.4) is 0 Å². The zero-order valence-electron chi connectivity index (χ0n) is 10.7. The number of sulfonamides is 1. The average Bonchev–Trinajstić information content (AvgIpc) is 2.28. The van der Waals surface area contributed by atoms with E-state index >= 15 is 0 Å². The third kappa shape index (κ3) is 4.57. The third-order valence-corrected chi connectivity index (χ3v) is 4.30. The molecule has 4 nitrogen and oxygen atoms in total. The Morgan fingerprint density at radius 3 is 2.56 bits per heavy atom. The van der Waals surface area contributed by atoms with Gasteiger partial charge in [0.15, 0.2) is 0 Å². The van der Waals surface area contributed by atoms with E-state index in [-0.39, 0.29) is 4.90 Å². The molecule has 0 aliphatic rings. The molecule has 0 heterocycles. The van der Waals surface area contributed by atoms with E-state index in [1.807, 2.05) is 0 Å². The van der Waals surface area contributed by atoms with E-state index in [4.69, 9.17) is 11.6 Å². The zero-order chi connectivity index (χ0) is 13.6. The molecule has 0 aromatic heterocycles. The molecule has 2 N–H and O–H groups in total. The molecule has 1 aromatic rings. The maximum Gasteiger partial charge on any atom is 0.240 e. The van der Waals surface area contributed by atoms with Crippen molar-refractivity contribution in [3.8, 4) is 0 Å². The minimum atomic E-state index is -3.44. The van der Waals surface area contributed by atoms with Crippen LogP contribution in [-0.4, -0.2) is 28.1 Å². The molecule has 0 radical (unpaired) electrons. The van der Waals surface area contributed by atoms with Gasteiger partial charge in [-0.25, -0.2) is 13.1 Å². The van der Waals surface area contributed by atoms with E-state index in [2.05, 4.69) is 17.0 Å². The standard InChI is InChI=1S/C12H19ClN2O2S/c1-3-6-14-7-8-15-18(16,17)12-5-4-11(13)9-10(12)2/h4-5,9,14-15H,3,6-8H2,1-2H3. The first kappa shape index (κ1) is 15.4. The first-order valence-corrected chi connectivity index (χ1v) is 7.80. The number of hydrogen-bond donors (Lipinski definition) is 2. The lowest BCUT2D eigenvalue weighted by atomic mass is 10.2. The normalized spacial score (nSPS) is 11.7. The molecule has 0 saturated heterocycles. The molecule has 0 bridgehead atoms. The number of halogens is 1. The Morgan fingerprint density at radius 2 is 1.94 bits per heavy atom. The summed E-state index contributed by atoms with van der Waals surface area (Å²) >= 11 is 5.80. The first-order chi connectivity index (χ1) is 8.47. The van der Waals surface area contributed by atoms with Crippen LogP contribution in [0.15, 0.2) is 23.1 Å². The van der Waals surface area contributed by atoms with Gasteiger partial charge >= 0.3 is 0 Å². The summed E-state index contributed by atoms with van der Waals surface area (Å²) in [4.78, 5) is 0.280. The maximum absolute atomic E-state index is 12.0. The van der Waals surface area contributed by atoms with E-state index < -0.39 is 10.0 Å². The predicted octanol–water partition coefficient (Wildman–Crippen LogP) is 1.93. The van der Waals surface area contributed by atoms with Crippen LogP contribution in [0.1, 0.15) is 18.9 Å². The Kier molecular flexibility index (Phi) is 6.08. The molecule has 0 aliphatic carbocycles. The molecule has 0 aliphatic heterocycles. The van der Waals surface area contributed by atoms with Gasteiger partial charge < -0.3 is 5.32 Å². The summed E-state index contributed by atoms with van der Waals surface area (Å²) in [6.45, 7) is 5.69. The van der Waals surface area contributed by atoms with Gasteiger partial charge in [-0.2, -0.15) is 0 Å². The van der Waals surface area contributed by atoms with E-state index in [1.54, 1.807) is 19.1 Å². The second-order valence-electron chi connectivity index (χ2n) is 4.06. The van der Waals surface area contributed by atoms with Crippen LogP contribution >= 0.6 is 11.6 Å². The monoisotopic (exact) mass is 290 g/mol. The number of nitrogens with one attached hydrogen (secondary N) is 2. The van der Waals surface area contributed by atoms with Gasteiger partial charge in [-0.05, 0) is 43.7 Å². The largest absolute Gasteiger partial charge is 0.315 e. The van der Waals surface area contributed by atoms with Crippen LogP contribution in [0, 0.1) is 6.92 Å². The zero-order valence-corrected chi connectivity index (χ0v) is 12.2. The van der Waals surface area contributed by atoms with Crippen molar-refractivity contribution in [3.05, 3.63) is 28.8 Å². The molecular formula is C12H19ClN2O2S. The summed E-state index contributed by atoms with van der Waals surface area (Å²) in [6.07, 6.45) is 1.03. The molecule has 0 atom stereocenters. The molecule has 1 rings (SSSR count). The number of rotatable bonds is 7. The highest BCUT2D eigenvalue weighted by molar-refractivity contribution is 7.89. The molecule has 1 aromatic carbocycles. The summed E-state index contributed by atoms with van der Waals surface area (Å²) in [6, 6.07) is 4.75. The molecular weight excluding hydrogens is 272 g/mol. The van der Waals surface area contributed by atoms with Gasteiger partial charge in [0, 0.05) is 18.1 Å². The number of aryl methyl sites for hydroxylation is 1. The lowest BCUT2D eigenvalue weighted by Crippen LogP contribution is -2.32. The lowest BCUT2D eigenvalue weighted by Gasteiger charge is -2.09. The lowest BCUT2D eigenvalue weighted by molar-refractivity contribution is 0.575. The number of hydrogen-bond acceptors (Lipinski definition) is 3. The predicted molar refractivity (Wildman–Crippen MR) is 74.5 cm³/mol. The van der Waals surface area contributed by atoms with Crippen LogP contribution in [0.2, 0.25) is 5.02 Å². The van der Waals surface area contributed by atoms with Gasteiger partial charge in [0.05, 0.1) is 4.90 Å². The Hall–Kier alpha value is -0.620. The molecule has 0 unspecified atom stereocenters. The van der Waals surface area contributed by atoms with E-state index in [0.29, 0.717) is 23.7 Å². The summed E-state index contributed by atoms with van der Waals surface area (Å²) in [5.41, 5.74) is 0.650. The third-order valence-electron chi connectivity index (χ3n) is 2.45. The van der Waals surface area contributed by atoms with Gasteiger partial charge in [-0.1, -0.05) is 18.5 Å². The fraction of sp³-hybridized carbons (Fsp3) is 0.500. The van der Waals surface area contributed by atoms with Crippen molar-refractivity contribution in [1.29, 1.82) is 0 Å². The van der Waals surface area contributed by atoms with Crippen molar-refractivity contribution in [2.24, 2.45) is 0 Å². The van der Waals surface area contributed by atoms with E-state index in [1.165, 1.54) is 6.07 Å². The highest BCUT2D eigenvalue weighted by atomic mass is 35.5. The smallest absolute Gasteiger partial charge is 0.240 e. The van der Waals surface area contributed by atoms with Crippen LogP contribution in [0.5, 0.6) is 0 Å². The number of benzene rings is 1. The van der Waals surface area contributed by atoms with E-state index in [0.717, 1.165) is 13.0 Å². The van der Waals surface area contributed by atoms with Crippen molar-refractivity contribution in [2.75, 3.05) is 19.6 Å². The van der Waals surface area contributed by atoms with Crippen LogP contribution < -0.4 is 10.0 Å². The molecule has 0 saturated carbocycles. The van der Waals surface area contributed by atoms with Gasteiger partial charge in [-0.3, -0.25) is 0 Å². The Morgan fingerprint density at radius 1 is 1.22 bits per heavy atom. The Bertz CT molecular complexity index is 489. The van der Waals surface area contributed by atoms with Crippen molar-refractivity contribution >= 4 is 21.6 Å². The molecule has 0 amide bonds. The fourth-order valence-corrected chi connectivity index (χ4v) is 3.05. The summed E-state index contributed by atoms with van der Waals surface area (Å²) in [5, 5.41) is 3.67. The average molecular weight is 291 g/mol. The van der Waals surface area contributed by atoms with Crippen molar-refractivity contribution < 1.29 is 8.42 Å². The van der Waals surface area contributed by atoms with Gasteiger partial charge in [0.25, 0.3) is 0 Å². The summed E-state index contributed by atoms with van der Waals surface area (Å²) in [7, 11) is -3.44. The summed E-state index contributed by atoms with van der Waals surface area (Å²) < 4.78 is 26.6. The van der Waals surface area contributed by atoms with Crippen LogP contribution in [0.4, 0.5) is 0 Å². The van der Waals surface area contributed by atoms with Crippen molar-refractivity contribution in [1.82, 2.24) is 10.0 Å². The molecule has 0 fully saturated rings. The second-order valence-corrected chi connectivity index (χ2v) is 6.23. The van der Waals surface area contributed by atoms with Crippen molar-refractivity contribution in [3.63, 3.8) is 0 Å².